The van der Waals surface area contributed by atoms with Gasteiger partial charge in [-0.3, -0.25) is 4.79 Å². The van der Waals surface area contributed by atoms with Crippen LogP contribution in [0.3, 0.4) is 0 Å². The van der Waals surface area contributed by atoms with Gasteiger partial charge in [-0.05, 0) is 40.7 Å². The number of rotatable bonds is 12. The van der Waals surface area contributed by atoms with Crippen molar-refractivity contribution < 1.29 is 24.4 Å². The molecule has 2 atom stereocenters. The summed E-state index contributed by atoms with van der Waals surface area (Å²) in [5.41, 5.74) is 3.55. The van der Waals surface area contributed by atoms with Gasteiger partial charge in [0.05, 0.1) is 24.9 Å². The standard InChI is InChI=1S/C30H35BN2O5/c1-22(2)16-28(31(35)36)32-29(34)30(18-23-10-5-3-6-11-23)19-27(33-38-30)21-37-20-24-12-9-15-26(17-24)25-13-7-4-8-14-25/h3-15,17,22,28,35-36H,16,18-21H2,1-2H3,(H,32,34). The Labute approximate surface area is 224 Å². The molecule has 0 fully saturated rings. The van der Waals surface area contributed by atoms with Crippen LogP contribution in [0.1, 0.15) is 37.8 Å². The van der Waals surface area contributed by atoms with E-state index in [1.54, 1.807) is 0 Å². The maximum Gasteiger partial charge on any atom is 0.475 e. The zero-order valence-electron chi connectivity index (χ0n) is 21.9. The maximum atomic E-state index is 13.5. The van der Waals surface area contributed by atoms with Crippen molar-refractivity contribution in [1.82, 2.24) is 5.32 Å². The molecule has 7 nitrogen and oxygen atoms in total. The van der Waals surface area contributed by atoms with Gasteiger partial charge in [0.25, 0.3) is 5.91 Å². The molecule has 1 amide bonds. The minimum atomic E-state index is -1.67. The predicted molar refractivity (Wildman–Crippen MR) is 149 cm³/mol. The first-order chi connectivity index (χ1) is 18.3. The lowest BCUT2D eigenvalue weighted by atomic mass is 9.74. The van der Waals surface area contributed by atoms with E-state index in [1.807, 2.05) is 74.5 Å². The number of oxime groups is 1. The Morgan fingerprint density at radius 1 is 0.974 bits per heavy atom. The summed E-state index contributed by atoms with van der Waals surface area (Å²) in [4.78, 5) is 19.3. The Bertz CT molecular complexity index is 1220. The highest BCUT2D eigenvalue weighted by atomic mass is 16.7. The fourth-order valence-electron chi connectivity index (χ4n) is 4.67. The molecule has 0 saturated heterocycles. The smallest absolute Gasteiger partial charge is 0.426 e. The molecule has 3 aromatic carbocycles. The van der Waals surface area contributed by atoms with Crippen LogP contribution in [0.25, 0.3) is 11.1 Å². The normalized spacial score (nSPS) is 17.6. The van der Waals surface area contributed by atoms with Crippen LogP contribution in [-0.4, -0.2) is 46.9 Å². The molecule has 0 radical (unpaired) electrons. The summed E-state index contributed by atoms with van der Waals surface area (Å²) >= 11 is 0. The summed E-state index contributed by atoms with van der Waals surface area (Å²) in [6.07, 6.45) is 0.957. The largest absolute Gasteiger partial charge is 0.475 e. The molecule has 3 aromatic rings. The Kier molecular flexibility index (Phi) is 9.34. The number of nitrogens with one attached hydrogen (secondary N) is 1. The third-order valence-electron chi connectivity index (χ3n) is 6.56. The highest BCUT2D eigenvalue weighted by Gasteiger charge is 2.48. The highest BCUT2D eigenvalue weighted by molar-refractivity contribution is 6.43. The van der Waals surface area contributed by atoms with E-state index in [0.29, 0.717) is 25.2 Å². The van der Waals surface area contributed by atoms with E-state index in [4.69, 9.17) is 9.57 Å². The minimum Gasteiger partial charge on any atom is -0.426 e. The summed E-state index contributed by atoms with van der Waals surface area (Å²) in [6.45, 7) is 4.53. The molecule has 0 aliphatic carbocycles. The number of ether oxygens (including phenoxy) is 1. The van der Waals surface area contributed by atoms with Crippen molar-refractivity contribution in [1.29, 1.82) is 0 Å². The third kappa shape index (κ3) is 7.31. The average molecular weight is 514 g/mol. The second kappa shape index (κ2) is 12.9. The van der Waals surface area contributed by atoms with Crippen molar-refractivity contribution in [2.75, 3.05) is 6.61 Å². The van der Waals surface area contributed by atoms with Gasteiger partial charge >= 0.3 is 7.12 Å². The summed E-state index contributed by atoms with van der Waals surface area (Å²) in [5.74, 6) is -1.07. The molecule has 38 heavy (non-hydrogen) atoms. The summed E-state index contributed by atoms with van der Waals surface area (Å²) < 4.78 is 5.97. The zero-order chi connectivity index (χ0) is 27.0. The van der Waals surface area contributed by atoms with E-state index in [-0.39, 0.29) is 18.9 Å². The van der Waals surface area contributed by atoms with Crippen molar-refractivity contribution in [2.45, 2.75) is 51.3 Å². The second-order valence-electron chi connectivity index (χ2n) is 10.3. The minimum absolute atomic E-state index is 0.164. The second-order valence-corrected chi connectivity index (χ2v) is 10.3. The number of hydrogen-bond acceptors (Lipinski definition) is 6. The number of nitrogens with zero attached hydrogens (tertiary/aromatic N) is 1. The van der Waals surface area contributed by atoms with Gasteiger partial charge in [0.1, 0.15) is 0 Å². The van der Waals surface area contributed by atoms with Crippen LogP contribution >= 0.6 is 0 Å². The summed E-state index contributed by atoms with van der Waals surface area (Å²) in [7, 11) is -1.67. The van der Waals surface area contributed by atoms with E-state index in [1.165, 1.54) is 0 Å². The van der Waals surface area contributed by atoms with Crippen LogP contribution in [0.4, 0.5) is 0 Å². The Balaban J connectivity index is 1.41. The maximum absolute atomic E-state index is 13.5. The first-order valence-electron chi connectivity index (χ1n) is 13.0. The topological polar surface area (TPSA) is 100 Å². The molecule has 2 unspecified atom stereocenters. The number of benzene rings is 3. The summed E-state index contributed by atoms with van der Waals surface area (Å²) in [5, 5.41) is 26.7. The van der Waals surface area contributed by atoms with Gasteiger partial charge in [-0.1, -0.05) is 97.9 Å². The quantitative estimate of drug-likeness (QED) is 0.315. The fourth-order valence-corrected chi connectivity index (χ4v) is 4.67. The molecule has 1 aliphatic rings. The first kappa shape index (κ1) is 27.6. The van der Waals surface area contributed by atoms with Gasteiger partial charge in [-0.2, -0.15) is 0 Å². The SMILES string of the molecule is CC(C)CC(NC(=O)C1(Cc2ccccc2)CC(COCc2cccc(-c3ccccc3)c2)=NO1)B(O)O. The molecule has 1 heterocycles. The van der Waals surface area contributed by atoms with E-state index < -0.39 is 24.6 Å². The van der Waals surface area contributed by atoms with Gasteiger partial charge in [-0.15, -0.1) is 0 Å². The molecular formula is C30H35BN2O5. The zero-order valence-corrected chi connectivity index (χ0v) is 21.9. The lowest BCUT2D eigenvalue weighted by molar-refractivity contribution is -0.144. The lowest BCUT2D eigenvalue weighted by Crippen LogP contribution is -2.56. The number of amides is 1. The van der Waals surface area contributed by atoms with Crippen LogP contribution in [0.15, 0.2) is 90.1 Å². The number of carbonyl (C=O) groups is 1. The Hall–Kier alpha value is -3.46. The van der Waals surface area contributed by atoms with Gasteiger partial charge in [0.2, 0.25) is 5.60 Å². The van der Waals surface area contributed by atoms with Gasteiger partial charge in [-0.25, -0.2) is 0 Å². The molecule has 198 valence electrons. The summed E-state index contributed by atoms with van der Waals surface area (Å²) in [6, 6.07) is 28.0. The van der Waals surface area contributed by atoms with Crippen molar-refractivity contribution in [3.63, 3.8) is 0 Å². The fraction of sp³-hybridized carbons (Fsp3) is 0.333. The van der Waals surface area contributed by atoms with Crippen molar-refractivity contribution in [2.24, 2.45) is 11.1 Å². The average Bonchev–Trinajstić information content (AvgIpc) is 3.33. The molecule has 0 spiro atoms. The van der Waals surface area contributed by atoms with Crippen LogP contribution in [0.2, 0.25) is 0 Å². The lowest BCUT2D eigenvalue weighted by Gasteiger charge is -2.29. The Morgan fingerprint density at radius 2 is 1.63 bits per heavy atom. The molecule has 4 rings (SSSR count). The molecule has 0 saturated carbocycles. The van der Waals surface area contributed by atoms with E-state index in [9.17, 15) is 14.8 Å². The van der Waals surface area contributed by atoms with Crippen molar-refractivity contribution in [3.8, 4) is 11.1 Å². The highest BCUT2D eigenvalue weighted by Crippen LogP contribution is 2.30. The van der Waals surface area contributed by atoms with E-state index in [0.717, 1.165) is 22.3 Å². The van der Waals surface area contributed by atoms with Crippen molar-refractivity contribution in [3.05, 3.63) is 96.1 Å². The van der Waals surface area contributed by atoms with E-state index >= 15 is 0 Å². The predicted octanol–water partition coefficient (Wildman–Crippen LogP) is 4.17. The van der Waals surface area contributed by atoms with Gasteiger partial charge < -0.3 is 24.9 Å². The van der Waals surface area contributed by atoms with Crippen LogP contribution in [-0.2, 0) is 27.4 Å². The number of hydrogen-bond donors (Lipinski definition) is 3. The van der Waals surface area contributed by atoms with Crippen LogP contribution < -0.4 is 5.32 Å². The van der Waals surface area contributed by atoms with Crippen molar-refractivity contribution >= 4 is 18.7 Å². The molecule has 0 bridgehead atoms. The molecule has 3 N–H and O–H groups in total. The first-order valence-corrected chi connectivity index (χ1v) is 13.0. The molecule has 0 aromatic heterocycles. The molecule has 1 aliphatic heterocycles. The van der Waals surface area contributed by atoms with Crippen LogP contribution in [0.5, 0.6) is 0 Å². The monoisotopic (exact) mass is 514 g/mol. The van der Waals surface area contributed by atoms with E-state index in [2.05, 4.69) is 34.7 Å². The van der Waals surface area contributed by atoms with Gasteiger partial charge in [0.15, 0.2) is 0 Å². The van der Waals surface area contributed by atoms with Crippen LogP contribution in [0, 0.1) is 5.92 Å². The molecule has 8 heteroatoms. The van der Waals surface area contributed by atoms with Gasteiger partial charge in [0, 0.05) is 12.8 Å². The molecular weight excluding hydrogens is 479 g/mol. The number of carbonyl (C=O) groups excluding carboxylic acids is 1. The Morgan fingerprint density at radius 3 is 2.32 bits per heavy atom. The third-order valence-corrected chi connectivity index (χ3v) is 6.56.